The Morgan fingerprint density at radius 2 is 2.05 bits per heavy atom. The molecule has 3 atom stereocenters. The number of fused-ring (bicyclic) bond motifs is 2. The highest BCUT2D eigenvalue weighted by atomic mass is 16.1. The molecule has 1 unspecified atom stereocenters. The van der Waals surface area contributed by atoms with E-state index in [2.05, 4.69) is 26.1 Å². The molecular formula is C16H24N2O. The van der Waals surface area contributed by atoms with Gasteiger partial charge in [0.25, 0.3) is 0 Å². The van der Waals surface area contributed by atoms with Crippen LogP contribution in [-0.4, -0.2) is 10.6 Å². The zero-order valence-electron chi connectivity index (χ0n) is 12.4. The van der Waals surface area contributed by atoms with Gasteiger partial charge in [0.05, 0.1) is 5.69 Å². The van der Waals surface area contributed by atoms with E-state index >= 15 is 0 Å². The number of pyridine rings is 1. The molecule has 1 aromatic heterocycles. The van der Waals surface area contributed by atoms with E-state index in [1.807, 2.05) is 12.3 Å². The molecule has 2 bridgehead atoms. The first kappa shape index (κ1) is 12.8. The lowest BCUT2D eigenvalue weighted by atomic mass is 9.68. The molecule has 0 aromatic carbocycles. The predicted octanol–water partition coefficient (Wildman–Crippen LogP) is 3.01. The number of hydrogen-bond donors (Lipinski definition) is 1. The van der Waals surface area contributed by atoms with Crippen molar-refractivity contribution >= 4 is 5.69 Å². The summed E-state index contributed by atoms with van der Waals surface area (Å²) in [5, 5.41) is 3.71. The zero-order chi connectivity index (χ0) is 13.8. The quantitative estimate of drug-likeness (QED) is 0.887. The predicted molar refractivity (Wildman–Crippen MR) is 78.3 cm³/mol. The molecule has 0 spiro atoms. The molecule has 2 saturated carbocycles. The van der Waals surface area contributed by atoms with Crippen molar-refractivity contribution < 1.29 is 0 Å². The summed E-state index contributed by atoms with van der Waals surface area (Å²) in [6, 6.07) is 4.05. The molecule has 2 fully saturated rings. The normalized spacial score (nSPS) is 35.6. The van der Waals surface area contributed by atoms with E-state index in [9.17, 15) is 4.79 Å². The van der Waals surface area contributed by atoms with Gasteiger partial charge >= 0.3 is 0 Å². The molecule has 0 saturated heterocycles. The van der Waals surface area contributed by atoms with Gasteiger partial charge in [-0.1, -0.05) is 20.8 Å². The maximum atomic E-state index is 11.5. The third-order valence-corrected chi connectivity index (χ3v) is 5.67. The van der Waals surface area contributed by atoms with Crippen molar-refractivity contribution in [3.8, 4) is 0 Å². The van der Waals surface area contributed by atoms with Crippen LogP contribution in [0.4, 0.5) is 5.69 Å². The number of aromatic nitrogens is 1. The number of nitrogens with zero attached hydrogens (tertiary/aromatic N) is 1. The van der Waals surface area contributed by atoms with Gasteiger partial charge < -0.3 is 9.88 Å². The van der Waals surface area contributed by atoms with Gasteiger partial charge in [0.1, 0.15) is 0 Å². The minimum Gasteiger partial charge on any atom is -0.380 e. The fraction of sp³-hybridized carbons (Fsp3) is 0.688. The topological polar surface area (TPSA) is 34.0 Å². The molecule has 3 heteroatoms. The van der Waals surface area contributed by atoms with Crippen LogP contribution in [0.25, 0.3) is 0 Å². The van der Waals surface area contributed by atoms with E-state index in [1.165, 1.54) is 19.3 Å². The number of rotatable bonds is 2. The number of aryl methyl sites for hydroxylation is 1. The molecule has 0 radical (unpaired) electrons. The molecule has 2 aliphatic carbocycles. The van der Waals surface area contributed by atoms with Crippen LogP contribution in [-0.2, 0) is 7.05 Å². The lowest BCUT2D eigenvalue weighted by Crippen LogP contribution is -2.45. The second-order valence-electron chi connectivity index (χ2n) is 7.36. The van der Waals surface area contributed by atoms with E-state index in [0.29, 0.717) is 16.9 Å². The van der Waals surface area contributed by atoms with E-state index in [0.717, 1.165) is 11.6 Å². The van der Waals surface area contributed by atoms with Crippen molar-refractivity contribution in [2.45, 2.75) is 46.1 Å². The highest BCUT2D eigenvalue weighted by molar-refractivity contribution is 5.43. The molecule has 1 heterocycles. The average molecular weight is 260 g/mol. The van der Waals surface area contributed by atoms with E-state index in [-0.39, 0.29) is 5.56 Å². The molecule has 1 aromatic rings. The smallest absolute Gasteiger partial charge is 0.250 e. The van der Waals surface area contributed by atoms with Crippen LogP contribution in [0.1, 0.15) is 40.0 Å². The Balaban J connectivity index is 1.90. The third kappa shape index (κ3) is 1.82. The number of nitrogens with one attached hydrogen (secondary N) is 1. The van der Waals surface area contributed by atoms with Crippen LogP contribution in [0, 0.1) is 16.7 Å². The maximum absolute atomic E-state index is 11.5. The fourth-order valence-corrected chi connectivity index (χ4v) is 4.51. The van der Waals surface area contributed by atoms with Crippen LogP contribution < -0.4 is 10.9 Å². The van der Waals surface area contributed by atoms with Crippen LogP contribution in [0.3, 0.4) is 0 Å². The first-order valence-electron chi connectivity index (χ1n) is 7.26. The maximum Gasteiger partial charge on any atom is 0.250 e. The number of hydrogen-bond acceptors (Lipinski definition) is 2. The largest absolute Gasteiger partial charge is 0.380 e. The molecule has 0 amide bonds. The molecule has 19 heavy (non-hydrogen) atoms. The molecule has 3 rings (SSSR count). The Kier molecular flexibility index (Phi) is 2.60. The van der Waals surface area contributed by atoms with Crippen LogP contribution >= 0.6 is 0 Å². The van der Waals surface area contributed by atoms with Crippen LogP contribution in [0.2, 0.25) is 0 Å². The molecule has 3 nitrogen and oxygen atoms in total. The molecule has 104 valence electrons. The standard InChI is InChI=1S/C16H24N2O/c1-15(2)11-7-8-16(3,9-11)14(15)17-12-5-6-13(19)18(4)10-12/h5-6,10-11,14,17H,7-9H2,1-4H3/t11-,14?,16+/m0/s1. The monoisotopic (exact) mass is 260 g/mol. The lowest BCUT2D eigenvalue weighted by Gasteiger charge is -2.43. The summed E-state index contributed by atoms with van der Waals surface area (Å²) in [6.45, 7) is 7.20. The van der Waals surface area contributed by atoms with E-state index < -0.39 is 0 Å². The highest BCUT2D eigenvalue weighted by Crippen LogP contribution is 2.63. The second-order valence-corrected chi connectivity index (χ2v) is 7.36. The van der Waals surface area contributed by atoms with Crippen molar-refractivity contribution in [1.29, 1.82) is 0 Å². The molecule has 0 aliphatic heterocycles. The second kappa shape index (κ2) is 3.87. The Hall–Kier alpha value is -1.25. The van der Waals surface area contributed by atoms with Gasteiger partial charge in [0, 0.05) is 25.4 Å². The Labute approximate surface area is 115 Å². The Morgan fingerprint density at radius 1 is 1.32 bits per heavy atom. The SMILES string of the molecule is Cn1cc(NC2C(C)(C)[C@H]3CC[C@]2(C)C3)ccc1=O. The summed E-state index contributed by atoms with van der Waals surface area (Å²) in [5.74, 6) is 0.836. The molecule has 1 N–H and O–H groups in total. The van der Waals surface area contributed by atoms with Crippen LogP contribution in [0.5, 0.6) is 0 Å². The summed E-state index contributed by atoms with van der Waals surface area (Å²) in [6.07, 6.45) is 5.94. The first-order chi connectivity index (χ1) is 8.83. The summed E-state index contributed by atoms with van der Waals surface area (Å²) in [4.78, 5) is 11.5. The molecule has 2 aliphatic rings. The minimum atomic E-state index is 0.0453. The van der Waals surface area contributed by atoms with Gasteiger partial charge in [0.2, 0.25) is 5.56 Å². The van der Waals surface area contributed by atoms with Gasteiger partial charge in [-0.3, -0.25) is 4.79 Å². The highest BCUT2D eigenvalue weighted by Gasteiger charge is 2.59. The van der Waals surface area contributed by atoms with Gasteiger partial charge in [-0.05, 0) is 42.1 Å². The Morgan fingerprint density at radius 3 is 2.63 bits per heavy atom. The minimum absolute atomic E-state index is 0.0453. The average Bonchev–Trinajstić information content (AvgIpc) is 2.80. The van der Waals surface area contributed by atoms with Crippen molar-refractivity contribution in [3.05, 3.63) is 28.7 Å². The van der Waals surface area contributed by atoms with E-state index in [1.54, 1.807) is 17.7 Å². The summed E-state index contributed by atoms with van der Waals surface area (Å²) < 4.78 is 1.64. The number of anilines is 1. The van der Waals surface area contributed by atoms with Crippen LogP contribution in [0.15, 0.2) is 23.1 Å². The summed E-state index contributed by atoms with van der Waals surface area (Å²) in [7, 11) is 1.81. The Bertz CT molecular complexity index is 555. The van der Waals surface area contributed by atoms with Crippen molar-refractivity contribution in [2.24, 2.45) is 23.8 Å². The fourth-order valence-electron chi connectivity index (χ4n) is 4.51. The van der Waals surface area contributed by atoms with Crippen molar-refractivity contribution in [1.82, 2.24) is 4.57 Å². The third-order valence-electron chi connectivity index (χ3n) is 5.67. The summed E-state index contributed by atoms with van der Waals surface area (Å²) in [5.41, 5.74) is 1.85. The van der Waals surface area contributed by atoms with Gasteiger partial charge in [-0.15, -0.1) is 0 Å². The van der Waals surface area contributed by atoms with Crippen molar-refractivity contribution in [2.75, 3.05) is 5.32 Å². The van der Waals surface area contributed by atoms with Gasteiger partial charge in [0.15, 0.2) is 0 Å². The summed E-state index contributed by atoms with van der Waals surface area (Å²) >= 11 is 0. The first-order valence-corrected chi connectivity index (χ1v) is 7.26. The zero-order valence-corrected chi connectivity index (χ0v) is 12.4. The van der Waals surface area contributed by atoms with Gasteiger partial charge in [-0.2, -0.15) is 0 Å². The van der Waals surface area contributed by atoms with E-state index in [4.69, 9.17) is 0 Å². The van der Waals surface area contributed by atoms with Gasteiger partial charge in [-0.25, -0.2) is 0 Å². The van der Waals surface area contributed by atoms with Crippen molar-refractivity contribution in [3.63, 3.8) is 0 Å². The molecular weight excluding hydrogens is 236 g/mol. The lowest BCUT2D eigenvalue weighted by molar-refractivity contribution is 0.155.